The van der Waals surface area contributed by atoms with Crippen LogP contribution in [0.2, 0.25) is 0 Å². The second-order valence-electron chi connectivity index (χ2n) is 7.19. The summed E-state index contributed by atoms with van der Waals surface area (Å²) < 4.78 is 33.0. The summed E-state index contributed by atoms with van der Waals surface area (Å²) in [6.45, 7) is 4.64. The lowest BCUT2D eigenvalue weighted by Gasteiger charge is -2.34. The van der Waals surface area contributed by atoms with Crippen molar-refractivity contribution in [1.29, 1.82) is 0 Å². The van der Waals surface area contributed by atoms with Gasteiger partial charge in [0.1, 0.15) is 6.61 Å². The van der Waals surface area contributed by atoms with Crippen molar-refractivity contribution in [3.8, 4) is 0 Å². The minimum atomic E-state index is -1.08. The zero-order chi connectivity index (χ0) is 23.4. The largest absolute Gasteiger partial charge is 0.458 e. The number of carbonyl (C=O) groups excluding carboxylic acids is 2. The summed E-state index contributed by atoms with van der Waals surface area (Å²) in [5.74, 6) is -4.09. The average molecular weight is 442 g/mol. The maximum atomic E-state index is 14.2. The Bertz CT molecular complexity index is 1130. The number of hydrogen-bond donors (Lipinski definition) is 0. The quantitative estimate of drug-likeness (QED) is 0.275. The van der Waals surface area contributed by atoms with Gasteiger partial charge in [0, 0.05) is 35.7 Å². The fourth-order valence-corrected chi connectivity index (χ4v) is 3.66. The molecular weight excluding hydrogens is 422 g/mol. The summed E-state index contributed by atoms with van der Waals surface area (Å²) in [4.78, 5) is 37.6. The van der Waals surface area contributed by atoms with Gasteiger partial charge in [-0.05, 0) is 18.6 Å². The number of amides is 1. The highest BCUT2D eigenvalue weighted by Gasteiger charge is 2.37. The monoisotopic (exact) mass is 442 g/mol. The second kappa shape index (κ2) is 9.51. The van der Waals surface area contributed by atoms with Crippen molar-refractivity contribution in [2.24, 2.45) is 0 Å². The van der Waals surface area contributed by atoms with E-state index in [9.17, 15) is 28.5 Å². The van der Waals surface area contributed by atoms with Crippen molar-refractivity contribution in [1.82, 2.24) is 4.90 Å². The molecule has 0 saturated heterocycles. The van der Waals surface area contributed by atoms with Crippen molar-refractivity contribution in [2.45, 2.75) is 25.8 Å². The molecule has 0 aliphatic carbocycles. The molecule has 9 heteroatoms. The summed E-state index contributed by atoms with van der Waals surface area (Å²) in [6, 6.07) is 9.30. The van der Waals surface area contributed by atoms with Gasteiger partial charge < -0.3 is 9.64 Å². The molecule has 1 heterocycles. The van der Waals surface area contributed by atoms with Crippen molar-refractivity contribution < 1.29 is 28.0 Å². The molecule has 1 atom stereocenters. The highest BCUT2D eigenvalue weighted by Crippen LogP contribution is 2.38. The van der Waals surface area contributed by atoms with E-state index in [-0.39, 0.29) is 42.1 Å². The number of nitro groups is 1. The molecule has 7 nitrogen and oxygen atoms in total. The Balaban J connectivity index is 2.08. The molecule has 0 bridgehead atoms. The SMILES string of the molecule is C=CCOC(=O)C1=C(C)N(Cc2cccc(F)c2F)C(=O)CC1c1cccc([N+](=O)[O-])c1. The van der Waals surface area contributed by atoms with Crippen LogP contribution in [0.5, 0.6) is 0 Å². The molecule has 2 aromatic carbocycles. The molecule has 0 saturated carbocycles. The molecular formula is C23H20F2N2O5. The Morgan fingerprint density at radius 1 is 1.31 bits per heavy atom. The van der Waals surface area contributed by atoms with E-state index in [1.54, 1.807) is 6.07 Å². The molecule has 166 valence electrons. The third kappa shape index (κ3) is 4.56. The highest BCUT2D eigenvalue weighted by atomic mass is 19.2. The number of rotatable bonds is 7. The van der Waals surface area contributed by atoms with Crippen LogP contribution in [0.15, 0.2) is 66.4 Å². The number of allylic oxidation sites excluding steroid dienone is 1. The first-order valence-corrected chi connectivity index (χ1v) is 9.71. The third-order valence-electron chi connectivity index (χ3n) is 5.22. The first kappa shape index (κ1) is 22.8. The van der Waals surface area contributed by atoms with Gasteiger partial charge in [0.2, 0.25) is 5.91 Å². The van der Waals surface area contributed by atoms with Crippen molar-refractivity contribution >= 4 is 17.6 Å². The maximum Gasteiger partial charge on any atom is 0.336 e. The molecule has 1 unspecified atom stereocenters. The van der Waals surface area contributed by atoms with Crippen LogP contribution in [-0.4, -0.2) is 28.3 Å². The predicted molar refractivity (Wildman–Crippen MR) is 111 cm³/mol. The predicted octanol–water partition coefficient (Wildman–Crippen LogP) is 4.39. The topological polar surface area (TPSA) is 89.8 Å². The van der Waals surface area contributed by atoms with E-state index < -0.39 is 34.4 Å². The smallest absolute Gasteiger partial charge is 0.336 e. The number of carbonyl (C=O) groups is 2. The lowest BCUT2D eigenvalue weighted by atomic mass is 9.83. The molecule has 1 amide bonds. The van der Waals surface area contributed by atoms with Gasteiger partial charge in [-0.25, -0.2) is 13.6 Å². The highest BCUT2D eigenvalue weighted by molar-refractivity contribution is 5.96. The summed E-state index contributed by atoms with van der Waals surface area (Å²) in [6.07, 6.45) is 1.18. The van der Waals surface area contributed by atoms with E-state index in [1.165, 1.54) is 48.2 Å². The van der Waals surface area contributed by atoms with Gasteiger partial charge in [-0.1, -0.05) is 36.9 Å². The molecule has 1 aliphatic rings. The molecule has 0 aromatic heterocycles. The van der Waals surface area contributed by atoms with E-state index in [4.69, 9.17) is 4.74 Å². The first-order valence-electron chi connectivity index (χ1n) is 9.71. The van der Waals surface area contributed by atoms with Gasteiger partial charge in [0.05, 0.1) is 17.0 Å². The zero-order valence-electron chi connectivity index (χ0n) is 17.2. The number of ether oxygens (including phenoxy) is 1. The number of esters is 1. The lowest BCUT2D eigenvalue weighted by Crippen LogP contribution is -2.38. The van der Waals surface area contributed by atoms with Crippen molar-refractivity contribution in [3.63, 3.8) is 0 Å². The van der Waals surface area contributed by atoms with E-state index in [0.29, 0.717) is 5.56 Å². The van der Waals surface area contributed by atoms with E-state index >= 15 is 0 Å². The van der Waals surface area contributed by atoms with Crippen LogP contribution in [0.3, 0.4) is 0 Å². The molecule has 2 aromatic rings. The van der Waals surface area contributed by atoms with Crippen LogP contribution in [-0.2, 0) is 20.9 Å². The van der Waals surface area contributed by atoms with Gasteiger partial charge in [-0.2, -0.15) is 0 Å². The van der Waals surface area contributed by atoms with E-state index in [2.05, 4.69) is 6.58 Å². The molecule has 0 N–H and O–H groups in total. The number of benzene rings is 2. The summed E-state index contributed by atoms with van der Waals surface area (Å²) in [7, 11) is 0. The van der Waals surface area contributed by atoms with Crippen molar-refractivity contribution in [3.05, 3.63) is 99.3 Å². The molecule has 32 heavy (non-hydrogen) atoms. The summed E-state index contributed by atoms with van der Waals surface area (Å²) in [5.41, 5.74) is 0.481. The molecule has 0 fully saturated rings. The Hall–Kier alpha value is -3.88. The fraction of sp³-hybridized carbons (Fsp3) is 0.217. The van der Waals surface area contributed by atoms with Crippen LogP contribution >= 0.6 is 0 Å². The summed E-state index contributed by atoms with van der Waals surface area (Å²) >= 11 is 0. The molecule has 1 aliphatic heterocycles. The first-order chi connectivity index (χ1) is 15.2. The van der Waals surface area contributed by atoms with Crippen LogP contribution in [0.25, 0.3) is 0 Å². The van der Waals surface area contributed by atoms with Gasteiger partial charge in [0.25, 0.3) is 5.69 Å². The zero-order valence-corrected chi connectivity index (χ0v) is 17.2. The number of nitrogens with zero attached hydrogens (tertiary/aromatic N) is 2. The fourth-order valence-electron chi connectivity index (χ4n) is 3.66. The summed E-state index contributed by atoms with van der Waals surface area (Å²) in [5, 5.41) is 11.2. The molecule has 0 radical (unpaired) electrons. The van der Waals surface area contributed by atoms with Gasteiger partial charge in [-0.3, -0.25) is 14.9 Å². The lowest BCUT2D eigenvalue weighted by molar-refractivity contribution is -0.384. The Kier molecular flexibility index (Phi) is 6.77. The van der Waals surface area contributed by atoms with Gasteiger partial charge in [-0.15, -0.1) is 0 Å². The van der Waals surface area contributed by atoms with Crippen LogP contribution in [0.1, 0.15) is 30.4 Å². The van der Waals surface area contributed by atoms with E-state index in [1.807, 2.05) is 0 Å². The minimum absolute atomic E-state index is 0.0506. The van der Waals surface area contributed by atoms with Crippen LogP contribution in [0.4, 0.5) is 14.5 Å². The Morgan fingerprint density at radius 3 is 2.72 bits per heavy atom. The van der Waals surface area contributed by atoms with Crippen LogP contribution < -0.4 is 0 Å². The Morgan fingerprint density at radius 2 is 2.03 bits per heavy atom. The maximum absolute atomic E-state index is 14.2. The number of non-ortho nitro benzene ring substituents is 1. The average Bonchev–Trinajstić information content (AvgIpc) is 2.77. The molecule has 3 rings (SSSR count). The number of hydrogen-bond acceptors (Lipinski definition) is 5. The van der Waals surface area contributed by atoms with E-state index in [0.717, 1.165) is 6.07 Å². The normalized spacial score (nSPS) is 16.2. The Labute approximate surface area is 182 Å². The van der Waals surface area contributed by atoms with Crippen molar-refractivity contribution in [2.75, 3.05) is 6.61 Å². The second-order valence-corrected chi connectivity index (χ2v) is 7.19. The standard InChI is InChI=1S/C23H20F2N2O5/c1-3-10-32-23(29)21-14(2)26(13-16-7-5-9-19(24)22(16)25)20(28)12-18(21)15-6-4-8-17(11-15)27(30)31/h3-9,11,18H,1,10,12-13H2,2H3. The van der Waals surface area contributed by atoms with Crippen LogP contribution in [0, 0.1) is 21.7 Å². The number of nitro benzene ring substituents is 1. The molecule has 0 spiro atoms. The van der Waals surface area contributed by atoms with Gasteiger partial charge in [0.15, 0.2) is 11.6 Å². The third-order valence-corrected chi connectivity index (χ3v) is 5.22. The van der Waals surface area contributed by atoms with Gasteiger partial charge >= 0.3 is 5.97 Å². The minimum Gasteiger partial charge on any atom is -0.458 e. The number of halogens is 2.